The summed E-state index contributed by atoms with van der Waals surface area (Å²) in [5, 5.41) is 3.11. The van der Waals surface area contributed by atoms with Crippen LogP contribution in [0.25, 0.3) is 0 Å². The predicted molar refractivity (Wildman–Crippen MR) is 73.4 cm³/mol. The molecule has 2 nitrogen and oxygen atoms in total. The number of hydrogen-bond acceptors (Lipinski definition) is 2. The van der Waals surface area contributed by atoms with E-state index in [1.165, 1.54) is 25.0 Å². The number of nitrogens with one attached hydrogen (secondary N) is 1. The molecule has 0 bridgehead atoms. The molecule has 112 valence electrons. The van der Waals surface area contributed by atoms with Crippen molar-refractivity contribution < 1.29 is 13.2 Å². The highest BCUT2D eigenvalue weighted by Crippen LogP contribution is 2.31. The van der Waals surface area contributed by atoms with Gasteiger partial charge in [-0.15, -0.1) is 0 Å². The molecule has 1 fully saturated rings. The number of halogens is 3. The van der Waals surface area contributed by atoms with E-state index in [1.54, 1.807) is 6.07 Å². The van der Waals surface area contributed by atoms with E-state index in [2.05, 4.69) is 10.2 Å². The van der Waals surface area contributed by atoms with Crippen molar-refractivity contribution in [3.8, 4) is 0 Å². The predicted octanol–water partition coefficient (Wildman–Crippen LogP) is 3.28. The van der Waals surface area contributed by atoms with Gasteiger partial charge >= 0.3 is 6.18 Å². The van der Waals surface area contributed by atoms with Crippen molar-refractivity contribution in [3.05, 3.63) is 35.4 Å². The van der Waals surface area contributed by atoms with Crippen LogP contribution in [0.5, 0.6) is 0 Å². The van der Waals surface area contributed by atoms with Gasteiger partial charge in [0.25, 0.3) is 0 Å². The quantitative estimate of drug-likeness (QED) is 0.807. The molecular formula is C15H21F3N2. The van der Waals surface area contributed by atoms with Crippen LogP contribution in [0.4, 0.5) is 13.2 Å². The minimum Gasteiger partial charge on any atom is -0.313 e. The lowest BCUT2D eigenvalue weighted by Gasteiger charge is -2.15. The monoisotopic (exact) mass is 286 g/mol. The molecule has 20 heavy (non-hydrogen) atoms. The van der Waals surface area contributed by atoms with Crippen LogP contribution in [-0.2, 0) is 12.7 Å². The topological polar surface area (TPSA) is 15.3 Å². The Balaban J connectivity index is 1.73. The third-order valence-corrected chi connectivity index (χ3v) is 3.66. The van der Waals surface area contributed by atoms with Gasteiger partial charge in [0.1, 0.15) is 0 Å². The zero-order valence-corrected chi connectivity index (χ0v) is 11.5. The van der Waals surface area contributed by atoms with Crippen LogP contribution in [0.2, 0.25) is 0 Å². The first kappa shape index (κ1) is 15.3. The SMILES string of the molecule is FC(F)(F)c1ccccc1CNCCCN1CCCC1. The highest BCUT2D eigenvalue weighted by molar-refractivity contribution is 5.29. The van der Waals surface area contributed by atoms with Crippen LogP contribution < -0.4 is 5.32 Å². The Morgan fingerprint density at radius 3 is 2.50 bits per heavy atom. The summed E-state index contributed by atoms with van der Waals surface area (Å²) >= 11 is 0. The van der Waals surface area contributed by atoms with Gasteiger partial charge in [0.2, 0.25) is 0 Å². The molecule has 1 aliphatic rings. The smallest absolute Gasteiger partial charge is 0.313 e. The summed E-state index contributed by atoms with van der Waals surface area (Å²) in [5.74, 6) is 0. The fourth-order valence-corrected chi connectivity index (χ4v) is 2.61. The average Bonchev–Trinajstić information content (AvgIpc) is 2.91. The number of benzene rings is 1. The summed E-state index contributed by atoms with van der Waals surface area (Å²) in [5.41, 5.74) is -0.215. The van der Waals surface area contributed by atoms with Crippen LogP contribution in [0.1, 0.15) is 30.4 Å². The molecular weight excluding hydrogens is 265 g/mol. The fraction of sp³-hybridized carbons (Fsp3) is 0.600. The van der Waals surface area contributed by atoms with Gasteiger partial charge in [-0.25, -0.2) is 0 Å². The third kappa shape index (κ3) is 4.49. The molecule has 0 spiro atoms. The molecule has 1 heterocycles. The Kier molecular flexibility index (Phi) is 5.43. The van der Waals surface area contributed by atoms with Gasteiger partial charge in [-0.05, 0) is 57.1 Å². The van der Waals surface area contributed by atoms with E-state index < -0.39 is 11.7 Å². The third-order valence-electron chi connectivity index (χ3n) is 3.66. The molecule has 1 saturated heterocycles. The van der Waals surface area contributed by atoms with Gasteiger partial charge in [-0.3, -0.25) is 0 Å². The molecule has 0 unspecified atom stereocenters. The van der Waals surface area contributed by atoms with Crippen molar-refractivity contribution >= 4 is 0 Å². The average molecular weight is 286 g/mol. The van der Waals surface area contributed by atoms with Crippen molar-refractivity contribution in [2.45, 2.75) is 32.0 Å². The highest BCUT2D eigenvalue weighted by atomic mass is 19.4. The van der Waals surface area contributed by atoms with E-state index in [9.17, 15) is 13.2 Å². The number of alkyl halides is 3. The van der Waals surface area contributed by atoms with Crippen LogP contribution in [-0.4, -0.2) is 31.1 Å². The number of likely N-dealkylation sites (tertiary alicyclic amines) is 1. The van der Waals surface area contributed by atoms with E-state index >= 15 is 0 Å². The lowest BCUT2D eigenvalue weighted by atomic mass is 10.1. The molecule has 5 heteroatoms. The lowest BCUT2D eigenvalue weighted by Crippen LogP contribution is -2.25. The maximum Gasteiger partial charge on any atom is 0.416 e. The molecule has 0 radical (unpaired) electrons. The molecule has 2 rings (SSSR count). The fourth-order valence-electron chi connectivity index (χ4n) is 2.61. The largest absolute Gasteiger partial charge is 0.416 e. The molecule has 1 aliphatic heterocycles. The Labute approximate surface area is 118 Å². The van der Waals surface area contributed by atoms with E-state index in [1.807, 2.05) is 0 Å². The number of rotatable bonds is 6. The maximum absolute atomic E-state index is 12.8. The zero-order valence-electron chi connectivity index (χ0n) is 11.5. The van der Waals surface area contributed by atoms with Crippen molar-refractivity contribution in [1.82, 2.24) is 10.2 Å². The number of nitrogens with zero attached hydrogens (tertiary/aromatic N) is 1. The molecule has 1 aromatic carbocycles. The maximum atomic E-state index is 12.8. The Morgan fingerprint density at radius 2 is 1.80 bits per heavy atom. The molecule has 0 aliphatic carbocycles. The Morgan fingerprint density at radius 1 is 1.10 bits per heavy atom. The zero-order chi connectivity index (χ0) is 14.4. The second kappa shape index (κ2) is 7.09. The number of hydrogen-bond donors (Lipinski definition) is 1. The normalized spacial score (nSPS) is 16.8. The van der Waals surface area contributed by atoms with Crippen LogP contribution in [0.15, 0.2) is 24.3 Å². The van der Waals surface area contributed by atoms with E-state index in [-0.39, 0.29) is 6.54 Å². The second-order valence-electron chi connectivity index (χ2n) is 5.23. The van der Waals surface area contributed by atoms with Crippen LogP contribution >= 0.6 is 0 Å². The van der Waals surface area contributed by atoms with Gasteiger partial charge in [0.05, 0.1) is 5.56 Å². The van der Waals surface area contributed by atoms with Crippen molar-refractivity contribution in [2.24, 2.45) is 0 Å². The summed E-state index contributed by atoms with van der Waals surface area (Å²) in [6, 6.07) is 5.76. The summed E-state index contributed by atoms with van der Waals surface area (Å²) in [6.07, 6.45) is -0.749. The minimum atomic E-state index is -4.27. The lowest BCUT2D eigenvalue weighted by molar-refractivity contribution is -0.138. The first-order chi connectivity index (χ1) is 9.57. The van der Waals surface area contributed by atoms with Crippen LogP contribution in [0.3, 0.4) is 0 Å². The molecule has 1 N–H and O–H groups in total. The Hall–Kier alpha value is -1.07. The molecule has 0 saturated carbocycles. The molecule has 1 aromatic rings. The van der Waals surface area contributed by atoms with Gasteiger partial charge < -0.3 is 10.2 Å². The summed E-state index contributed by atoms with van der Waals surface area (Å²) < 4.78 is 38.4. The van der Waals surface area contributed by atoms with Gasteiger partial charge in [-0.2, -0.15) is 13.2 Å². The first-order valence-corrected chi connectivity index (χ1v) is 7.15. The minimum absolute atomic E-state index is 0.273. The van der Waals surface area contributed by atoms with Crippen molar-refractivity contribution in [2.75, 3.05) is 26.2 Å². The standard InChI is InChI=1S/C15H21F3N2/c16-15(17,18)14-7-2-1-6-13(14)12-19-8-5-11-20-9-3-4-10-20/h1-2,6-7,19H,3-5,8-12H2. The summed E-state index contributed by atoms with van der Waals surface area (Å²) in [4.78, 5) is 2.41. The van der Waals surface area contributed by atoms with E-state index in [0.717, 1.165) is 38.7 Å². The van der Waals surface area contributed by atoms with Crippen molar-refractivity contribution in [1.29, 1.82) is 0 Å². The molecule has 0 aromatic heterocycles. The van der Waals surface area contributed by atoms with Gasteiger partial charge in [0.15, 0.2) is 0 Å². The molecule has 0 atom stereocenters. The van der Waals surface area contributed by atoms with E-state index in [0.29, 0.717) is 5.56 Å². The van der Waals surface area contributed by atoms with Gasteiger partial charge in [0, 0.05) is 6.54 Å². The summed E-state index contributed by atoms with van der Waals surface area (Å²) in [7, 11) is 0. The Bertz CT molecular complexity index is 412. The van der Waals surface area contributed by atoms with E-state index in [4.69, 9.17) is 0 Å². The van der Waals surface area contributed by atoms with Crippen LogP contribution in [0, 0.1) is 0 Å². The first-order valence-electron chi connectivity index (χ1n) is 7.15. The van der Waals surface area contributed by atoms with Gasteiger partial charge in [-0.1, -0.05) is 18.2 Å². The molecule has 0 amide bonds. The van der Waals surface area contributed by atoms with Crippen molar-refractivity contribution in [3.63, 3.8) is 0 Å². The second-order valence-corrected chi connectivity index (χ2v) is 5.23. The summed E-state index contributed by atoms with van der Waals surface area (Å²) in [6.45, 7) is 4.39. The highest BCUT2D eigenvalue weighted by Gasteiger charge is 2.32.